The Kier molecular flexibility index (Phi) is 4.53. The molecule has 0 bridgehead atoms. The fraction of sp³-hybridized carbons (Fsp3) is 0.235. The Morgan fingerprint density at radius 2 is 1.65 bits per heavy atom. The highest BCUT2D eigenvalue weighted by molar-refractivity contribution is 5.96. The van der Waals surface area contributed by atoms with Crippen LogP contribution in [0.25, 0.3) is 0 Å². The third kappa shape index (κ3) is 3.25. The highest BCUT2D eigenvalue weighted by Gasteiger charge is 2.11. The van der Waals surface area contributed by atoms with E-state index in [-0.39, 0.29) is 12.5 Å². The Morgan fingerprint density at radius 3 is 2.30 bits per heavy atom. The monoisotopic (exact) mass is 269 g/mol. The minimum absolute atomic E-state index is 0.0126. The van der Waals surface area contributed by atoms with Gasteiger partial charge in [-0.3, -0.25) is 4.79 Å². The van der Waals surface area contributed by atoms with Gasteiger partial charge < -0.3 is 10.4 Å². The third-order valence-electron chi connectivity index (χ3n) is 3.34. The Bertz CT molecular complexity index is 600. The minimum atomic E-state index is -0.0602. The lowest BCUT2D eigenvalue weighted by Gasteiger charge is -2.11. The molecule has 2 aromatic carbocycles. The van der Waals surface area contributed by atoms with E-state index in [1.54, 1.807) is 0 Å². The van der Waals surface area contributed by atoms with Crippen LogP contribution in [0.1, 0.15) is 32.6 Å². The normalized spacial score (nSPS) is 10.3. The van der Waals surface area contributed by atoms with Crippen LogP contribution in [-0.2, 0) is 13.2 Å². The molecule has 2 aromatic rings. The quantitative estimate of drug-likeness (QED) is 0.896. The molecular weight excluding hydrogens is 250 g/mol. The van der Waals surface area contributed by atoms with Crippen molar-refractivity contribution in [3.05, 3.63) is 70.3 Å². The lowest BCUT2D eigenvalue weighted by Crippen LogP contribution is -2.24. The van der Waals surface area contributed by atoms with E-state index in [9.17, 15) is 4.79 Å². The summed E-state index contributed by atoms with van der Waals surface area (Å²) >= 11 is 0. The Morgan fingerprint density at radius 1 is 1.05 bits per heavy atom. The van der Waals surface area contributed by atoms with Crippen LogP contribution in [0, 0.1) is 13.8 Å². The zero-order chi connectivity index (χ0) is 14.5. The molecule has 3 nitrogen and oxygen atoms in total. The first-order valence-electron chi connectivity index (χ1n) is 6.65. The lowest BCUT2D eigenvalue weighted by atomic mass is 10.0. The number of carbonyl (C=O) groups excluding carboxylic acids is 1. The molecule has 0 atom stereocenters. The summed E-state index contributed by atoms with van der Waals surface area (Å²) in [6.07, 6.45) is 0. The number of nitrogens with one attached hydrogen (secondary N) is 1. The molecule has 0 spiro atoms. The Hall–Kier alpha value is -2.13. The first-order valence-corrected chi connectivity index (χ1v) is 6.65. The molecule has 2 rings (SSSR count). The maximum Gasteiger partial charge on any atom is 0.252 e. The van der Waals surface area contributed by atoms with Gasteiger partial charge in [0, 0.05) is 12.1 Å². The Balaban J connectivity index is 2.09. The summed E-state index contributed by atoms with van der Waals surface area (Å²) in [7, 11) is 0. The standard InChI is InChI=1S/C17H19NO2/c1-12-5-3-6-13(2)16(12)17(20)18-10-14-7-4-8-15(9-14)11-19/h3-9,19H,10-11H2,1-2H3,(H,18,20). The van der Waals surface area contributed by atoms with Crippen molar-refractivity contribution >= 4 is 5.91 Å². The van der Waals surface area contributed by atoms with Gasteiger partial charge in [0.1, 0.15) is 0 Å². The summed E-state index contributed by atoms with van der Waals surface area (Å²) in [5, 5.41) is 12.0. The smallest absolute Gasteiger partial charge is 0.252 e. The molecule has 1 amide bonds. The van der Waals surface area contributed by atoms with E-state index in [0.29, 0.717) is 6.54 Å². The largest absolute Gasteiger partial charge is 0.392 e. The van der Waals surface area contributed by atoms with Gasteiger partial charge in [-0.05, 0) is 36.1 Å². The molecule has 0 saturated carbocycles. The molecule has 20 heavy (non-hydrogen) atoms. The molecule has 3 heteroatoms. The minimum Gasteiger partial charge on any atom is -0.392 e. The summed E-state index contributed by atoms with van der Waals surface area (Å²) in [6, 6.07) is 13.4. The molecule has 104 valence electrons. The number of benzene rings is 2. The predicted molar refractivity (Wildman–Crippen MR) is 79.5 cm³/mol. The van der Waals surface area contributed by atoms with E-state index in [1.165, 1.54) is 0 Å². The molecule has 0 saturated heterocycles. The fourth-order valence-electron chi connectivity index (χ4n) is 2.28. The second-order valence-corrected chi connectivity index (χ2v) is 4.93. The molecule has 0 aliphatic rings. The number of aliphatic hydroxyl groups excluding tert-OH is 1. The summed E-state index contributed by atoms with van der Waals surface area (Å²) in [5.41, 5.74) is 4.53. The van der Waals surface area contributed by atoms with Crippen LogP contribution in [-0.4, -0.2) is 11.0 Å². The van der Waals surface area contributed by atoms with Gasteiger partial charge in [-0.15, -0.1) is 0 Å². The third-order valence-corrected chi connectivity index (χ3v) is 3.34. The summed E-state index contributed by atoms with van der Waals surface area (Å²) in [6.45, 7) is 4.35. The first kappa shape index (κ1) is 14.3. The second kappa shape index (κ2) is 6.35. The number of aliphatic hydroxyl groups is 1. The van der Waals surface area contributed by atoms with E-state index >= 15 is 0 Å². The number of amides is 1. The van der Waals surface area contributed by atoms with Gasteiger partial charge in [-0.1, -0.05) is 42.5 Å². The van der Waals surface area contributed by atoms with Crippen molar-refractivity contribution in [2.75, 3.05) is 0 Å². The van der Waals surface area contributed by atoms with E-state index in [1.807, 2.05) is 56.3 Å². The molecule has 0 radical (unpaired) electrons. The van der Waals surface area contributed by atoms with Gasteiger partial charge in [0.15, 0.2) is 0 Å². The highest BCUT2D eigenvalue weighted by Crippen LogP contribution is 2.13. The summed E-state index contributed by atoms with van der Waals surface area (Å²) in [5.74, 6) is -0.0602. The first-order chi connectivity index (χ1) is 9.61. The van der Waals surface area contributed by atoms with Crippen molar-refractivity contribution in [1.29, 1.82) is 0 Å². The van der Waals surface area contributed by atoms with Crippen LogP contribution in [0.2, 0.25) is 0 Å². The van der Waals surface area contributed by atoms with E-state index in [4.69, 9.17) is 5.11 Å². The van der Waals surface area contributed by atoms with E-state index in [2.05, 4.69) is 5.32 Å². The molecule has 2 N–H and O–H groups in total. The van der Waals surface area contributed by atoms with Gasteiger partial charge in [0.2, 0.25) is 0 Å². The molecule has 0 heterocycles. The average molecular weight is 269 g/mol. The van der Waals surface area contributed by atoms with Crippen molar-refractivity contribution in [2.24, 2.45) is 0 Å². The van der Waals surface area contributed by atoms with Gasteiger partial charge in [-0.25, -0.2) is 0 Å². The van der Waals surface area contributed by atoms with Gasteiger partial charge in [-0.2, -0.15) is 0 Å². The number of aryl methyl sites for hydroxylation is 2. The van der Waals surface area contributed by atoms with Crippen molar-refractivity contribution in [3.8, 4) is 0 Å². The zero-order valence-electron chi connectivity index (χ0n) is 11.8. The number of hydrogen-bond donors (Lipinski definition) is 2. The second-order valence-electron chi connectivity index (χ2n) is 4.93. The van der Waals surface area contributed by atoms with Crippen LogP contribution >= 0.6 is 0 Å². The summed E-state index contributed by atoms with van der Waals surface area (Å²) < 4.78 is 0. The van der Waals surface area contributed by atoms with Crippen molar-refractivity contribution in [3.63, 3.8) is 0 Å². The highest BCUT2D eigenvalue weighted by atomic mass is 16.3. The number of hydrogen-bond acceptors (Lipinski definition) is 2. The van der Waals surface area contributed by atoms with Gasteiger partial charge in [0.05, 0.1) is 6.61 Å². The SMILES string of the molecule is Cc1cccc(C)c1C(=O)NCc1cccc(CO)c1. The van der Waals surface area contributed by atoms with Crippen LogP contribution in [0.4, 0.5) is 0 Å². The molecule has 0 aromatic heterocycles. The van der Waals surface area contributed by atoms with Crippen molar-refractivity contribution in [2.45, 2.75) is 27.0 Å². The molecular formula is C17H19NO2. The van der Waals surface area contributed by atoms with Gasteiger partial charge >= 0.3 is 0 Å². The Labute approximate surface area is 119 Å². The molecule has 0 aliphatic heterocycles. The molecule has 0 fully saturated rings. The zero-order valence-corrected chi connectivity index (χ0v) is 11.8. The molecule has 0 unspecified atom stereocenters. The van der Waals surface area contributed by atoms with Crippen molar-refractivity contribution in [1.82, 2.24) is 5.32 Å². The van der Waals surface area contributed by atoms with E-state index in [0.717, 1.165) is 27.8 Å². The number of carbonyl (C=O) groups is 1. The maximum absolute atomic E-state index is 12.3. The predicted octanol–water partition coefficient (Wildman–Crippen LogP) is 2.73. The van der Waals surface area contributed by atoms with Crippen molar-refractivity contribution < 1.29 is 9.90 Å². The lowest BCUT2D eigenvalue weighted by molar-refractivity contribution is 0.0949. The topological polar surface area (TPSA) is 49.3 Å². The average Bonchev–Trinajstić information content (AvgIpc) is 2.45. The summed E-state index contributed by atoms with van der Waals surface area (Å²) in [4.78, 5) is 12.3. The fourth-order valence-corrected chi connectivity index (χ4v) is 2.28. The maximum atomic E-state index is 12.3. The van der Waals surface area contributed by atoms with Crippen LogP contribution in [0.15, 0.2) is 42.5 Å². The van der Waals surface area contributed by atoms with Crippen LogP contribution in [0.3, 0.4) is 0 Å². The number of rotatable bonds is 4. The molecule has 0 aliphatic carbocycles. The van der Waals surface area contributed by atoms with Crippen LogP contribution in [0.5, 0.6) is 0 Å². The van der Waals surface area contributed by atoms with E-state index < -0.39 is 0 Å². The van der Waals surface area contributed by atoms with Crippen LogP contribution < -0.4 is 5.32 Å². The van der Waals surface area contributed by atoms with Gasteiger partial charge in [0.25, 0.3) is 5.91 Å².